The van der Waals surface area contributed by atoms with Crippen LogP contribution in [0.2, 0.25) is 5.82 Å². The first-order chi connectivity index (χ1) is 3.31. The van der Waals surface area contributed by atoms with Crippen molar-refractivity contribution in [3.63, 3.8) is 0 Å². The van der Waals surface area contributed by atoms with Gasteiger partial charge in [0.15, 0.2) is 0 Å². The van der Waals surface area contributed by atoms with E-state index in [0.717, 1.165) is 0 Å². The third-order valence-electron chi connectivity index (χ3n) is 0.417. The molecule has 0 saturated heterocycles. The van der Waals surface area contributed by atoms with Gasteiger partial charge < -0.3 is 0 Å². The molecule has 0 aromatic carbocycles. The quantitative estimate of drug-likeness (QED) is 0.422. The van der Waals surface area contributed by atoms with Gasteiger partial charge in [0.05, 0.1) is 0 Å². The molecule has 2 heteroatoms. The predicted molar refractivity (Wildman–Crippen MR) is 25.3 cm³/mol. The van der Waals surface area contributed by atoms with Gasteiger partial charge >= 0.3 is 49.7 Å². The zero-order valence-corrected chi connectivity index (χ0v) is 5.27. The average Bonchev–Trinajstić information content (AvgIpc) is 1.68. The summed E-state index contributed by atoms with van der Waals surface area (Å²) < 4.78 is 0. The SMILES string of the molecule is CC#C[CH](O)[Cu][CH3]. The van der Waals surface area contributed by atoms with Crippen LogP contribution in [0, 0.1) is 11.8 Å². The summed E-state index contributed by atoms with van der Waals surface area (Å²) in [5.74, 6) is 6.96. The van der Waals surface area contributed by atoms with Crippen molar-refractivity contribution in [2.24, 2.45) is 0 Å². The molecule has 0 heterocycles. The Bertz CT molecular complexity index is 90.0. The summed E-state index contributed by atoms with van der Waals surface area (Å²) in [6, 6.07) is 0. The molecule has 1 unspecified atom stereocenters. The summed E-state index contributed by atoms with van der Waals surface area (Å²) >= 11 is 1.41. The molecule has 0 rings (SSSR count). The van der Waals surface area contributed by atoms with Crippen LogP contribution in [0.4, 0.5) is 0 Å². The van der Waals surface area contributed by atoms with Gasteiger partial charge in [-0.3, -0.25) is 0 Å². The van der Waals surface area contributed by atoms with E-state index in [1.54, 1.807) is 12.7 Å². The van der Waals surface area contributed by atoms with Crippen molar-refractivity contribution in [1.29, 1.82) is 0 Å². The van der Waals surface area contributed by atoms with Crippen molar-refractivity contribution in [1.82, 2.24) is 0 Å². The molecule has 0 aliphatic rings. The molecule has 0 bridgehead atoms. The molecule has 0 saturated carbocycles. The second kappa shape index (κ2) is 4.21. The van der Waals surface area contributed by atoms with Gasteiger partial charge in [-0.15, -0.1) is 0 Å². The Morgan fingerprint density at radius 3 is 2.43 bits per heavy atom. The normalized spacial score (nSPS) is 12.4. The summed E-state index contributed by atoms with van der Waals surface area (Å²) in [5, 5.41) is 8.14. The van der Waals surface area contributed by atoms with Crippen LogP contribution in [-0.2, 0) is 15.0 Å². The fourth-order valence-electron chi connectivity index (χ4n) is 0.152. The topological polar surface area (TPSA) is 20.2 Å². The number of aliphatic hydroxyl groups excluding tert-OH is 1. The maximum atomic E-state index is 8.64. The molecule has 1 N–H and O–H groups in total. The van der Waals surface area contributed by atoms with E-state index in [1.807, 2.05) is 0 Å². The standard InChI is InChI=1S/C4H5O.CH3.Cu/c1-2-3-4-5;;/h4-5H,1H3;1H3;. The zero-order chi connectivity index (χ0) is 5.70. The molecule has 0 aromatic rings. The molecule has 0 aromatic heterocycles. The summed E-state index contributed by atoms with van der Waals surface area (Å²) in [6.45, 7) is 1.71. The van der Waals surface area contributed by atoms with Crippen molar-refractivity contribution in [3.8, 4) is 11.8 Å². The minimum atomic E-state index is -0.506. The van der Waals surface area contributed by atoms with E-state index in [2.05, 4.69) is 11.8 Å². The van der Waals surface area contributed by atoms with Crippen LogP contribution in [-0.4, -0.2) is 10.1 Å². The Morgan fingerprint density at radius 2 is 2.29 bits per heavy atom. The van der Waals surface area contributed by atoms with Gasteiger partial charge in [0.25, 0.3) is 0 Å². The van der Waals surface area contributed by atoms with E-state index in [1.165, 1.54) is 15.0 Å². The maximum absolute atomic E-state index is 8.64. The Balaban J connectivity index is 3.29. The molecule has 0 aliphatic heterocycles. The third kappa shape index (κ3) is 3.88. The van der Waals surface area contributed by atoms with E-state index in [-0.39, 0.29) is 0 Å². The Kier molecular flexibility index (Phi) is 4.23. The summed E-state index contributed by atoms with van der Waals surface area (Å²) in [4.78, 5) is 0. The first kappa shape index (κ1) is 7.04. The van der Waals surface area contributed by atoms with Crippen LogP contribution >= 0.6 is 0 Å². The molecule has 0 aliphatic carbocycles. The van der Waals surface area contributed by atoms with E-state index >= 15 is 0 Å². The van der Waals surface area contributed by atoms with Gasteiger partial charge in [-0.05, 0) is 0 Å². The fourth-order valence-corrected chi connectivity index (χ4v) is 0.423. The number of hydrogen-bond acceptors (Lipinski definition) is 1. The van der Waals surface area contributed by atoms with Crippen LogP contribution in [0.1, 0.15) is 6.92 Å². The van der Waals surface area contributed by atoms with E-state index in [9.17, 15) is 0 Å². The molecule has 0 spiro atoms. The van der Waals surface area contributed by atoms with E-state index in [4.69, 9.17) is 5.11 Å². The first-order valence-corrected chi connectivity index (χ1v) is 3.26. The number of rotatable bonds is 1. The first-order valence-electron chi connectivity index (χ1n) is 1.77. The Labute approximate surface area is 50.3 Å². The third-order valence-corrected chi connectivity index (χ3v) is 1.07. The zero-order valence-electron chi connectivity index (χ0n) is 4.33. The molecular weight excluding hydrogens is 140 g/mol. The molecule has 0 fully saturated rings. The molecule has 1 nitrogen and oxygen atoms in total. The van der Waals surface area contributed by atoms with Crippen LogP contribution in [0.3, 0.4) is 0 Å². The van der Waals surface area contributed by atoms with Crippen molar-refractivity contribution >= 4 is 0 Å². The molecular formula is C5H8CuO. The van der Waals surface area contributed by atoms with Crippen molar-refractivity contribution in [3.05, 3.63) is 0 Å². The van der Waals surface area contributed by atoms with Crippen LogP contribution in [0.5, 0.6) is 0 Å². The minimum absolute atomic E-state index is 0.506. The molecule has 0 radical (unpaired) electrons. The second-order valence-electron chi connectivity index (χ2n) is 0.862. The van der Waals surface area contributed by atoms with Gasteiger partial charge in [0.1, 0.15) is 0 Å². The van der Waals surface area contributed by atoms with Crippen molar-refractivity contribution in [2.45, 2.75) is 17.7 Å². The van der Waals surface area contributed by atoms with Gasteiger partial charge in [0.2, 0.25) is 0 Å². The monoisotopic (exact) mass is 147 g/mol. The molecule has 1 atom stereocenters. The second-order valence-corrected chi connectivity index (χ2v) is 1.92. The molecule has 45 valence electrons. The summed E-state index contributed by atoms with van der Waals surface area (Å²) in [7, 11) is 0. The van der Waals surface area contributed by atoms with Crippen LogP contribution < -0.4 is 0 Å². The Morgan fingerprint density at radius 1 is 1.71 bits per heavy atom. The van der Waals surface area contributed by atoms with Gasteiger partial charge in [0, 0.05) is 0 Å². The van der Waals surface area contributed by atoms with Crippen LogP contribution in [0.15, 0.2) is 0 Å². The predicted octanol–water partition coefficient (Wildman–Crippen LogP) is 0.459. The number of aliphatic hydroxyl groups is 1. The average molecular weight is 148 g/mol. The van der Waals surface area contributed by atoms with Gasteiger partial charge in [-0.1, -0.05) is 0 Å². The molecule has 7 heavy (non-hydrogen) atoms. The van der Waals surface area contributed by atoms with Crippen LogP contribution in [0.25, 0.3) is 0 Å². The van der Waals surface area contributed by atoms with Gasteiger partial charge in [-0.25, -0.2) is 0 Å². The molecule has 0 amide bonds. The van der Waals surface area contributed by atoms with E-state index in [0.29, 0.717) is 0 Å². The van der Waals surface area contributed by atoms with Crippen molar-refractivity contribution < 1.29 is 20.1 Å². The van der Waals surface area contributed by atoms with Crippen molar-refractivity contribution in [2.75, 3.05) is 0 Å². The number of hydrogen-bond donors (Lipinski definition) is 1. The van der Waals surface area contributed by atoms with Gasteiger partial charge in [-0.2, -0.15) is 0 Å². The Hall–Kier alpha value is 0.0395. The van der Waals surface area contributed by atoms with E-state index < -0.39 is 5.00 Å². The fraction of sp³-hybridized carbons (Fsp3) is 0.600. The summed E-state index contributed by atoms with van der Waals surface area (Å²) in [5.41, 5.74) is 0. The summed E-state index contributed by atoms with van der Waals surface area (Å²) in [6.07, 6.45) is 0.